The fourth-order valence-corrected chi connectivity index (χ4v) is 2.38. The SMILES string of the molecule is O=[N+]([O-])c1ccc(CC(O)c2ccccc2Br)cc1. The lowest BCUT2D eigenvalue weighted by Gasteiger charge is -2.12. The number of rotatable bonds is 4. The van der Waals surface area contributed by atoms with E-state index in [9.17, 15) is 15.2 Å². The number of nitrogens with zero attached hydrogens (tertiary/aromatic N) is 1. The van der Waals surface area contributed by atoms with E-state index in [1.165, 1.54) is 12.1 Å². The van der Waals surface area contributed by atoms with Gasteiger partial charge in [-0.15, -0.1) is 0 Å². The van der Waals surface area contributed by atoms with Gasteiger partial charge in [0.05, 0.1) is 11.0 Å². The summed E-state index contributed by atoms with van der Waals surface area (Å²) in [6.45, 7) is 0. The number of hydrogen-bond acceptors (Lipinski definition) is 3. The number of benzene rings is 2. The van der Waals surface area contributed by atoms with E-state index in [1.54, 1.807) is 12.1 Å². The first-order valence-electron chi connectivity index (χ1n) is 5.74. The maximum atomic E-state index is 10.6. The van der Waals surface area contributed by atoms with E-state index in [-0.39, 0.29) is 5.69 Å². The van der Waals surface area contributed by atoms with Gasteiger partial charge in [-0.3, -0.25) is 10.1 Å². The minimum atomic E-state index is -0.642. The van der Waals surface area contributed by atoms with Crippen LogP contribution in [0.5, 0.6) is 0 Å². The molecule has 0 amide bonds. The van der Waals surface area contributed by atoms with Crippen molar-refractivity contribution in [3.8, 4) is 0 Å². The average Bonchev–Trinajstić information content (AvgIpc) is 2.39. The quantitative estimate of drug-likeness (QED) is 0.690. The molecule has 1 N–H and O–H groups in total. The summed E-state index contributed by atoms with van der Waals surface area (Å²) in [4.78, 5) is 10.1. The summed E-state index contributed by atoms with van der Waals surface area (Å²) in [5.74, 6) is 0. The molecule has 1 atom stereocenters. The van der Waals surface area contributed by atoms with Crippen molar-refractivity contribution in [3.63, 3.8) is 0 Å². The molecule has 4 nitrogen and oxygen atoms in total. The molecule has 2 aromatic carbocycles. The fourth-order valence-electron chi connectivity index (χ4n) is 1.83. The molecule has 1 unspecified atom stereocenters. The van der Waals surface area contributed by atoms with Crippen molar-refractivity contribution in [1.29, 1.82) is 0 Å². The van der Waals surface area contributed by atoms with Crippen LogP contribution in [0, 0.1) is 10.1 Å². The molecule has 0 aromatic heterocycles. The number of nitro groups is 1. The zero-order valence-electron chi connectivity index (χ0n) is 9.99. The number of hydrogen-bond donors (Lipinski definition) is 1. The highest BCUT2D eigenvalue weighted by atomic mass is 79.9. The maximum absolute atomic E-state index is 10.6. The van der Waals surface area contributed by atoms with Crippen molar-refractivity contribution in [3.05, 3.63) is 74.2 Å². The van der Waals surface area contributed by atoms with Crippen molar-refractivity contribution < 1.29 is 10.0 Å². The molecule has 0 fully saturated rings. The lowest BCUT2D eigenvalue weighted by atomic mass is 10.0. The summed E-state index contributed by atoms with van der Waals surface area (Å²) < 4.78 is 0.851. The lowest BCUT2D eigenvalue weighted by Crippen LogP contribution is -2.02. The van der Waals surface area contributed by atoms with Gasteiger partial charge in [-0.2, -0.15) is 0 Å². The zero-order valence-corrected chi connectivity index (χ0v) is 11.6. The van der Waals surface area contributed by atoms with Crippen LogP contribution < -0.4 is 0 Å². The summed E-state index contributed by atoms with van der Waals surface area (Å²) >= 11 is 3.39. The third-order valence-corrected chi connectivity index (χ3v) is 3.56. The van der Waals surface area contributed by atoms with Crippen LogP contribution in [0.3, 0.4) is 0 Å². The number of aliphatic hydroxyl groups excluding tert-OH is 1. The summed E-state index contributed by atoms with van der Waals surface area (Å²) in [5, 5.41) is 20.7. The van der Waals surface area contributed by atoms with Crippen LogP contribution >= 0.6 is 15.9 Å². The third-order valence-electron chi connectivity index (χ3n) is 2.84. The summed E-state index contributed by atoms with van der Waals surface area (Å²) in [6, 6.07) is 13.7. The summed E-state index contributed by atoms with van der Waals surface area (Å²) in [7, 11) is 0. The second kappa shape index (κ2) is 5.95. The Bertz CT molecular complexity index is 583. The van der Waals surface area contributed by atoms with Gasteiger partial charge >= 0.3 is 0 Å². The third kappa shape index (κ3) is 3.39. The summed E-state index contributed by atoms with van der Waals surface area (Å²) in [5.41, 5.74) is 1.72. The fraction of sp³-hybridized carbons (Fsp3) is 0.143. The lowest BCUT2D eigenvalue weighted by molar-refractivity contribution is -0.384. The normalized spacial score (nSPS) is 12.1. The van der Waals surface area contributed by atoms with Gasteiger partial charge in [-0.05, 0) is 17.2 Å². The molecular formula is C14H12BrNO3. The van der Waals surface area contributed by atoms with E-state index in [0.29, 0.717) is 6.42 Å². The second-order valence-corrected chi connectivity index (χ2v) is 5.02. The van der Waals surface area contributed by atoms with Crippen molar-refractivity contribution in [1.82, 2.24) is 0 Å². The predicted molar refractivity (Wildman–Crippen MR) is 75.9 cm³/mol. The van der Waals surface area contributed by atoms with E-state index in [4.69, 9.17) is 0 Å². The molecule has 2 aromatic rings. The van der Waals surface area contributed by atoms with Crippen molar-refractivity contribution in [2.24, 2.45) is 0 Å². The number of aliphatic hydroxyl groups is 1. The van der Waals surface area contributed by atoms with Crippen LogP contribution in [0.15, 0.2) is 53.0 Å². The first kappa shape index (κ1) is 13.7. The van der Waals surface area contributed by atoms with E-state index in [0.717, 1.165) is 15.6 Å². The first-order valence-corrected chi connectivity index (χ1v) is 6.53. The van der Waals surface area contributed by atoms with Crippen molar-refractivity contribution >= 4 is 21.6 Å². The van der Waals surface area contributed by atoms with Gasteiger partial charge < -0.3 is 5.11 Å². The molecule has 0 saturated heterocycles. The molecule has 98 valence electrons. The van der Waals surface area contributed by atoms with Crippen LogP contribution in [0.25, 0.3) is 0 Å². The molecule has 0 aliphatic heterocycles. The van der Waals surface area contributed by atoms with E-state index >= 15 is 0 Å². The Morgan fingerprint density at radius 1 is 1.16 bits per heavy atom. The minimum Gasteiger partial charge on any atom is -0.388 e. The molecular weight excluding hydrogens is 310 g/mol. The Kier molecular flexibility index (Phi) is 4.29. The zero-order chi connectivity index (χ0) is 13.8. The molecule has 0 radical (unpaired) electrons. The highest BCUT2D eigenvalue weighted by molar-refractivity contribution is 9.10. The number of halogens is 1. The molecule has 2 rings (SSSR count). The molecule has 0 aliphatic rings. The maximum Gasteiger partial charge on any atom is 0.269 e. The Morgan fingerprint density at radius 3 is 2.37 bits per heavy atom. The van der Waals surface area contributed by atoms with E-state index in [2.05, 4.69) is 15.9 Å². The second-order valence-electron chi connectivity index (χ2n) is 4.16. The van der Waals surface area contributed by atoms with E-state index in [1.807, 2.05) is 24.3 Å². The number of nitro benzene ring substituents is 1. The van der Waals surface area contributed by atoms with Gasteiger partial charge in [-0.25, -0.2) is 0 Å². The highest BCUT2D eigenvalue weighted by Crippen LogP contribution is 2.26. The molecule has 0 aliphatic carbocycles. The minimum absolute atomic E-state index is 0.0548. The van der Waals surface area contributed by atoms with Crippen LogP contribution in [0.4, 0.5) is 5.69 Å². The van der Waals surface area contributed by atoms with Gasteiger partial charge in [0.1, 0.15) is 0 Å². The molecule has 0 bridgehead atoms. The Balaban J connectivity index is 2.13. The van der Waals surface area contributed by atoms with Crippen molar-refractivity contribution in [2.75, 3.05) is 0 Å². The first-order chi connectivity index (χ1) is 9.08. The smallest absolute Gasteiger partial charge is 0.269 e. The highest BCUT2D eigenvalue weighted by Gasteiger charge is 2.12. The Labute approximate surface area is 119 Å². The van der Waals surface area contributed by atoms with Crippen LogP contribution in [0.1, 0.15) is 17.2 Å². The standard InChI is InChI=1S/C14H12BrNO3/c15-13-4-2-1-3-12(13)14(17)9-10-5-7-11(8-6-10)16(18)19/h1-8,14,17H,9H2. The van der Waals surface area contributed by atoms with Gasteiger partial charge in [-0.1, -0.05) is 46.3 Å². The van der Waals surface area contributed by atoms with Crippen LogP contribution in [-0.2, 0) is 6.42 Å². The van der Waals surface area contributed by atoms with Gasteiger partial charge in [0.2, 0.25) is 0 Å². The molecule has 0 saturated carbocycles. The van der Waals surface area contributed by atoms with Crippen molar-refractivity contribution in [2.45, 2.75) is 12.5 Å². The number of non-ortho nitro benzene ring substituents is 1. The monoisotopic (exact) mass is 321 g/mol. The molecule has 19 heavy (non-hydrogen) atoms. The van der Waals surface area contributed by atoms with Gasteiger partial charge in [0.25, 0.3) is 5.69 Å². The Morgan fingerprint density at radius 2 is 1.79 bits per heavy atom. The topological polar surface area (TPSA) is 63.4 Å². The summed E-state index contributed by atoms with van der Waals surface area (Å²) in [6.07, 6.45) is -0.224. The van der Waals surface area contributed by atoms with Crippen LogP contribution in [-0.4, -0.2) is 10.0 Å². The molecule has 0 spiro atoms. The van der Waals surface area contributed by atoms with Gasteiger partial charge in [0.15, 0.2) is 0 Å². The predicted octanol–water partition coefficient (Wildman–Crippen LogP) is 3.63. The molecule has 0 heterocycles. The van der Waals surface area contributed by atoms with E-state index < -0.39 is 11.0 Å². The van der Waals surface area contributed by atoms with Crippen LogP contribution in [0.2, 0.25) is 0 Å². The largest absolute Gasteiger partial charge is 0.388 e. The van der Waals surface area contributed by atoms with Gasteiger partial charge in [0, 0.05) is 23.0 Å². The average molecular weight is 322 g/mol. The Hall–Kier alpha value is -1.72. The molecule has 5 heteroatoms.